The van der Waals surface area contributed by atoms with E-state index in [1.807, 2.05) is 38.1 Å². The summed E-state index contributed by atoms with van der Waals surface area (Å²) in [6, 6.07) is 13.0. The summed E-state index contributed by atoms with van der Waals surface area (Å²) in [5, 5.41) is 8.43. The lowest BCUT2D eigenvalue weighted by molar-refractivity contribution is 0.0744. The number of hydrogen-bond acceptors (Lipinski definition) is 4. The number of benzene rings is 2. The first-order valence-corrected chi connectivity index (χ1v) is 8.78. The number of para-hydroxylation sites is 1. The maximum absolute atomic E-state index is 13.0. The van der Waals surface area contributed by atoms with E-state index >= 15 is 0 Å². The van der Waals surface area contributed by atoms with Crippen LogP contribution in [0, 0.1) is 6.92 Å². The Kier molecular flexibility index (Phi) is 4.19. The molecule has 0 atom stereocenters. The molecule has 2 aromatic carbocycles. The summed E-state index contributed by atoms with van der Waals surface area (Å²) in [5.41, 5.74) is 2.65. The van der Waals surface area contributed by atoms with Gasteiger partial charge in [0.05, 0.1) is 23.0 Å². The molecular weight excluding hydrogens is 342 g/mol. The van der Waals surface area contributed by atoms with E-state index in [1.165, 1.54) is 0 Å². The number of rotatable bonds is 4. The molecule has 0 saturated carbocycles. The second-order valence-corrected chi connectivity index (χ2v) is 6.47. The fourth-order valence-electron chi connectivity index (χ4n) is 3.16. The van der Waals surface area contributed by atoms with Crippen LogP contribution in [0.1, 0.15) is 28.8 Å². The van der Waals surface area contributed by atoms with Gasteiger partial charge in [-0.1, -0.05) is 23.8 Å². The van der Waals surface area contributed by atoms with Gasteiger partial charge >= 0.3 is 0 Å². The number of carbonyl (C=O) groups excluding carboxylic acids is 1. The summed E-state index contributed by atoms with van der Waals surface area (Å²) in [7, 11) is 0. The minimum atomic E-state index is -0.208. The van der Waals surface area contributed by atoms with Crippen LogP contribution in [-0.4, -0.2) is 37.5 Å². The van der Waals surface area contributed by atoms with Crippen LogP contribution in [0.15, 0.2) is 47.3 Å². The molecule has 4 aromatic rings. The van der Waals surface area contributed by atoms with Crippen molar-refractivity contribution in [3.63, 3.8) is 0 Å². The number of nitrogens with zero attached hydrogens (tertiary/aromatic N) is 3. The van der Waals surface area contributed by atoms with Gasteiger partial charge in [0.1, 0.15) is 5.82 Å². The monoisotopic (exact) mass is 361 g/mol. The molecule has 0 aliphatic heterocycles. The van der Waals surface area contributed by atoms with Crippen molar-refractivity contribution in [3.8, 4) is 0 Å². The lowest BCUT2D eigenvalue weighted by Gasteiger charge is -2.19. The smallest absolute Gasteiger partial charge is 0.275 e. The SMILES string of the molecule is CCN(Cc1nc2ccccc2c(=O)[nH]1)C(=O)c1n[nH]c2ccc(C)cc12. The van der Waals surface area contributed by atoms with Gasteiger partial charge in [0.2, 0.25) is 0 Å². The Hall–Kier alpha value is -3.48. The van der Waals surface area contributed by atoms with E-state index in [1.54, 1.807) is 23.1 Å². The van der Waals surface area contributed by atoms with E-state index in [4.69, 9.17) is 0 Å². The molecule has 2 heterocycles. The number of aryl methyl sites for hydroxylation is 1. The standard InChI is InChI=1S/C20H19N5O2/c1-3-25(11-17-21-15-7-5-4-6-13(15)19(26)22-17)20(27)18-14-10-12(2)8-9-16(14)23-24-18/h4-10H,3,11H2,1-2H3,(H,23,24)(H,21,22,26). The van der Waals surface area contributed by atoms with Crippen molar-refractivity contribution in [2.45, 2.75) is 20.4 Å². The predicted molar refractivity (Wildman–Crippen MR) is 104 cm³/mol. The number of amides is 1. The van der Waals surface area contributed by atoms with Crippen LogP contribution in [0.4, 0.5) is 0 Å². The third-order valence-corrected chi connectivity index (χ3v) is 4.59. The average Bonchev–Trinajstić information content (AvgIpc) is 3.08. The van der Waals surface area contributed by atoms with Crippen molar-refractivity contribution in [2.24, 2.45) is 0 Å². The van der Waals surface area contributed by atoms with Crippen LogP contribution in [0.2, 0.25) is 0 Å². The Morgan fingerprint density at radius 1 is 1.15 bits per heavy atom. The highest BCUT2D eigenvalue weighted by molar-refractivity contribution is 6.04. The van der Waals surface area contributed by atoms with E-state index < -0.39 is 0 Å². The summed E-state index contributed by atoms with van der Waals surface area (Å²) in [6.07, 6.45) is 0. The van der Waals surface area contributed by atoms with Crippen LogP contribution in [-0.2, 0) is 6.54 Å². The maximum Gasteiger partial charge on any atom is 0.275 e. The van der Waals surface area contributed by atoms with Crippen LogP contribution < -0.4 is 5.56 Å². The number of aromatic amines is 2. The summed E-state index contributed by atoms with van der Waals surface area (Å²) < 4.78 is 0. The highest BCUT2D eigenvalue weighted by Gasteiger charge is 2.21. The molecule has 0 saturated heterocycles. The van der Waals surface area contributed by atoms with Crippen LogP contribution >= 0.6 is 0 Å². The van der Waals surface area contributed by atoms with E-state index in [-0.39, 0.29) is 18.0 Å². The number of aromatic nitrogens is 4. The Bertz CT molecular complexity index is 1210. The minimum Gasteiger partial charge on any atom is -0.330 e. The molecule has 7 nitrogen and oxygen atoms in total. The molecule has 2 N–H and O–H groups in total. The Labute approximate surface area is 155 Å². The lowest BCUT2D eigenvalue weighted by atomic mass is 10.1. The van der Waals surface area contributed by atoms with Crippen molar-refractivity contribution in [3.05, 3.63) is 69.9 Å². The molecule has 1 amide bonds. The highest BCUT2D eigenvalue weighted by Crippen LogP contribution is 2.19. The molecule has 4 rings (SSSR count). The van der Waals surface area contributed by atoms with Gasteiger partial charge in [-0.2, -0.15) is 5.10 Å². The molecule has 0 spiro atoms. The van der Waals surface area contributed by atoms with Crippen LogP contribution in [0.5, 0.6) is 0 Å². The van der Waals surface area contributed by atoms with Gasteiger partial charge < -0.3 is 9.88 Å². The van der Waals surface area contributed by atoms with Crippen molar-refractivity contribution in [2.75, 3.05) is 6.54 Å². The number of nitrogens with one attached hydrogen (secondary N) is 2. The summed E-state index contributed by atoms with van der Waals surface area (Å²) in [4.78, 5) is 34.2. The lowest BCUT2D eigenvalue weighted by Crippen LogP contribution is -2.32. The second-order valence-electron chi connectivity index (χ2n) is 6.47. The summed E-state index contributed by atoms with van der Waals surface area (Å²) in [6.45, 7) is 4.53. The van der Waals surface area contributed by atoms with Crippen molar-refractivity contribution < 1.29 is 4.79 Å². The van der Waals surface area contributed by atoms with Gasteiger partial charge in [0, 0.05) is 11.9 Å². The van der Waals surface area contributed by atoms with Crippen LogP contribution in [0.25, 0.3) is 21.8 Å². The Balaban J connectivity index is 1.68. The summed E-state index contributed by atoms with van der Waals surface area (Å²) >= 11 is 0. The van der Waals surface area contributed by atoms with Gasteiger partial charge in [0.15, 0.2) is 5.69 Å². The first kappa shape index (κ1) is 17.0. The van der Waals surface area contributed by atoms with Gasteiger partial charge in [-0.25, -0.2) is 4.98 Å². The average molecular weight is 361 g/mol. The van der Waals surface area contributed by atoms with Gasteiger partial charge in [-0.15, -0.1) is 0 Å². The Morgan fingerprint density at radius 2 is 1.96 bits per heavy atom. The highest BCUT2D eigenvalue weighted by atomic mass is 16.2. The van der Waals surface area contributed by atoms with Gasteiger partial charge in [-0.05, 0) is 38.1 Å². The number of H-pyrrole nitrogens is 2. The number of hydrogen-bond donors (Lipinski definition) is 2. The van der Waals surface area contributed by atoms with E-state index in [0.29, 0.717) is 29.0 Å². The second kappa shape index (κ2) is 6.68. The molecule has 0 bridgehead atoms. The molecule has 0 fully saturated rings. The normalized spacial score (nSPS) is 11.2. The molecule has 0 radical (unpaired) electrons. The third-order valence-electron chi connectivity index (χ3n) is 4.59. The van der Waals surface area contributed by atoms with Gasteiger partial charge in [-0.3, -0.25) is 14.7 Å². The first-order chi connectivity index (χ1) is 13.1. The quantitative estimate of drug-likeness (QED) is 0.584. The molecule has 2 aromatic heterocycles. The van der Waals surface area contributed by atoms with Gasteiger partial charge in [0.25, 0.3) is 11.5 Å². The zero-order valence-electron chi connectivity index (χ0n) is 15.1. The van der Waals surface area contributed by atoms with E-state index in [2.05, 4.69) is 20.2 Å². The van der Waals surface area contributed by atoms with E-state index in [0.717, 1.165) is 16.5 Å². The summed E-state index contributed by atoms with van der Waals surface area (Å²) in [5.74, 6) is 0.245. The molecular formula is C20H19N5O2. The fraction of sp³-hybridized carbons (Fsp3) is 0.200. The molecule has 0 aliphatic carbocycles. The zero-order chi connectivity index (χ0) is 19.0. The third kappa shape index (κ3) is 3.08. The minimum absolute atomic E-state index is 0.204. The molecule has 0 unspecified atom stereocenters. The molecule has 7 heteroatoms. The number of fused-ring (bicyclic) bond motifs is 2. The van der Waals surface area contributed by atoms with Crippen molar-refractivity contribution >= 4 is 27.7 Å². The first-order valence-electron chi connectivity index (χ1n) is 8.78. The van der Waals surface area contributed by atoms with E-state index in [9.17, 15) is 9.59 Å². The van der Waals surface area contributed by atoms with Crippen molar-refractivity contribution in [1.29, 1.82) is 0 Å². The molecule has 136 valence electrons. The molecule has 0 aliphatic rings. The maximum atomic E-state index is 13.0. The predicted octanol–water partition coefficient (Wildman–Crippen LogP) is 2.77. The Morgan fingerprint density at radius 3 is 2.78 bits per heavy atom. The number of carbonyl (C=O) groups is 1. The largest absolute Gasteiger partial charge is 0.330 e. The van der Waals surface area contributed by atoms with Crippen molar-refractivity contribution in [1.82, 2.24) is 25.1 Å². The zero-order valence-corrected chi connectivity index (χ0v) is 15.1. The van der Waals surface area contributed by atoms with Crippen LogP contribution in [0.3, 0.4) is 0 Å². The topological polar surface area (TPSA) is 94.7 Å². The fourth-order valence-corrected chi connectivity index (χ4v) is 3.16. The molecule has 27 heavy (non-hydrogen) atoms.